The molecule has 26 heavy (non-hydrogen) atoms. The number of carbonyl (C=O) groups is 1. The first-order valence-corrected chi connectivity index (χ1v) is 8.57. The number of hydrogen-bond acceptors (Lipinski definition) is 3. The Morgan fingerprint density at radius 1 is 0.769 bits per heavy atom. The summed E-state index contributed by atoms with van der Waals surface area (Å²) in [5.41, 5.74) is 2.80. The Morgan fingerprint density at radius 2 is 1.31 bits per heavy atom. The molecule has 3 rings (SSSR count). The molecule has 0 aliphatic carbocycles. The molecule has 3 nitrogen and oxygen atoms in total. The van der Waals surface area contributed by atoms with E-state index in [-0.39, 0.29) is 11.7 Å². The second-order valence-electron chi connectivity index (χ2n) is 6.11. The molecule has 0 heterocycles. The molecule has 3 heteroatoms. The fraction of sp³-hybridized carbons (Fsp3) is 0.174. The van der Waals surface area contributed by atoms with Crippen LogP contribution in [0.2, 0.25) is 0 Å². The van der Waals surface area contributed by atoms with Crippen molar-refractivity contribution in [3.8, 4) is 11.5 Å². The molecule has 0 fully saturated rings. The predicted octanol–water partition coefficient (Wildman–Crippen LogP) is 4.91. The lowest BCUT2D eigenvalue weighted by Crippen LogP contribution is -2.16. The molecule has 3 aromatic rings. The average Bonchev–Trinajstić information content (AvgIpc) is 2.72. The molecule has 0 unspecified atom stereocenters. The van der Waals surface area contributed by atoms with Crippen molar-refractivity contribution in [2.75, 3.05) is 14.2 Å². The van der Waals surface area contributed by atoms with Gasteiger partial charge in [0.05, 0.1) is 20.1 Å². The van der Waals surface area contributed by atoms with Gasteiger partial charge in [0.1, 0.15) is 11.5 Å². The third-order valence-corrected chi connectivity index (χ3v) is 4.49. The third-order valence-electron chi connectivity index (χ3n) is 4.49. The number of Topliss-reactive ketones (excluding diaryl/α,β-unsaturated/α-hetero) is 1. The van der Waals surface area contributed by atoms with E-state index in [0.29, 0.717) is 12.0 Å². The third kappa shape index (κ3) is 4.12. The molecule has 3 aromatic carbocycles. The Bertz CT molecular complexity index is 837. The van der Waals surface area contributed by atoms with Gasteiger partial charge in [-0.3, -0.25) is 4.79 Å². The number of rotatable bonds is 7. The maximum Gasteiger partial charge on any atom is 0.170 e. The second-order valence-corrected chi connectivity index (χ2v) is 6.11. The van der Waals surface area contributed by atoms with Crippen molar-refractivity contribution in [3.05, 3.63) is 95.6 Å². The minimum absolute atomic E-state index is 0.0988. The molecule has 0 amide bonds. The van der Waals surface area contributed by atoms with Crippen LogP contribution in [0.5, 0.6) is 11.5 Å². The van der Waals surface area contributed by atoms with Crippen LogP contribution in [0, 0.1) is 0 Å². The highest BCUT2D eigenvalue weighted by atomic mass is 16.5. The quantitative estimate of drug-likeness (QED) is 0.570. The maximum atomic E-state index is 13.2. The summed E-state index contributed by atoms with van der Waals surface area (Å²) in [7, 11) is 3.26. The molecule has 132 valence electrons. The zero-order chi connectivity index (χ0) is 18.4. The molecule has 0 bridgehead atoms. The van der Waals surface area contributed by atoms with E-state index in [1.165, 1.54) is 0 Å². The average molecular weight is 346 g/mol. The standard InChI is InChI=1S/C23H22O3/c1-25-20-12-8-18(9-13-20)22(16-17-6-4-3-5-7-17)23(24)19-10-14-21(26-2)15-11-19/h3-15,22H,16H2,1-2H3/t22-/m0/s1. The summed E-state index contributed by atoms with van der Waals surface area (Å²) in [6.45, 7) is 0. The van der Waals surface area contributed by atoms with Gasteiger partial charge < -0.3 is 9.47 Å². The Balaban J connectivity index is 1.93. The Hall–Kier alpha value is -3.07. The molecule has 0 aromatic heterocycles. The van der Waals surface area contributed by atoms with E-state index >= 15 is 0 Å². The number of methoxy groups -OCH3 is 2. The molecule has 0 radical (unpaired) electrons. The highest BCUT2D eigenvalue weighted by molar-refractivity contribution is 6.01. The van der Waals surface area contributed by atoms with Gasteiger partial charge in [-0.05, 0) is 53.9 Å². The first-order chi connectivity index (χ1) is 12.7. The van der Waals surface area contributed by atoms with Gasteiger partial charge in [0.25, 0.3) is 0 Å². The normalized spacial score (nSPS) is 11.6. The van der Waals surface area contributed by atoms with Gasteiger partial charge in [-0.1, -0.05) is 42.5 Å². The summed E-state index contributed by atoms with van der Waals surface area (Å²) >= 11 is 0. The summed E-state index contributed by atoms with van der Waals surface area (Å²) in [5.74, 6) is 1.37. The van der Waals surface area contributed by atoms with Gasteiger partial charge in [-0.25, -0.2) is 0 Å². The van der Waals surface area contributed by atoms with Gasteiger partial charge in [0.15, 0.2) is 5.78 Å². The van der Waals surface area contributed by atoms with Crippen LogP contribution in [0.4, 0.5) is 0 Å². The zero-order valence-corrected chi connectivity index (χ0v) is 15.0. The van der Waals surface area contributed by atoms with Crippen molar-refractivity contribution in [1.29, 1.82) is 0 Å². The highest BCUT2D eigenvalue weighted by Crippen LogP contribution is 2.27. The molecule has 0 aliphatic rings. The van der Waals surface area contributed by atoms with E-state index in [0.717, 1.165) is 22.6 Å². The Kier molecular flexibility index (Phi) is 5.69. The van der Waals surface area contributed by atoms with Crippen LogP contribution in [-0.4, -0.2) is 20.0 Å². The van der Waals surface area contributed by atoms with Gasteiger partial charge in [-0.2, -0.15) is 0 Å². The Morgan fingerprint density at radius 3 is 1.85 bits per heavy atom. The van der Waals surface area contributed by atoms with Gasteiger partial charge in [-0.15, -0.1) is 0 Å². The van der Waals surface area contributed by atoms with Crippen molar-refractivity contribution in [3.63, 3.8) is 0 Å². The highest BCUT2D eigenvalue weighted by Gasteiger charge is 2.22. The molecule has 0 saturated carbocycles. The first kappa shape index (κ1) is 17.7. The topological polar surface area (TPSA) is 35.5 Å². The lowest BCUT2D eigenvalue weighted by atomic mass is 9.85. The maximum absolute atomic E-state index is 13.2. The monoisotopic (exact) mass is 346 g/mol. The van der Waals surface area contributed by atoms with Crippen LogP contribution in [-0.2, 0) is 6.42 Å². The Labute approximate surface area is 154 Å². The SMILES string of the molecule is COc1ccc(C(=O)[C@@H](Cc2ccccc2)c2ccc(OC)cc2)cc1. The van der Waals surface area contributed by atoms with E-state index in [1.54, 1.807) is 14.2 Å². The van der Waals surface area contributed by atoms with Crippen molar-refractivity contribution < 1.29 is 14.3 Å². The van der Waals surface area contributed by atoms with Crippen LogP contribution < -0.4 is 9.47 Å². The van der Waals surface area contributed by atoms with E-state index in [4.69, 9.17) is 9.47 Å². The van der Waals surface area contributed by atoms with Crippen molar-refractivity contribution in [2.24, 2.45) is 0 Å². The molecule has 0 spiro atoms. The summed E-state index contributed by atoms with van der Waals surface area (Å²) < 4.78 is 10.4. The minimum Gasteiger partial charge on any atom is -0.497 e. The van der Waals surface area contributed by atoms with Gasteiger partial charge in [0, 0.05) is 5.56 Å². The van der Waals surface area contributed by atoms with E-state index in [2.05, 4.69) is 12.1 Å². The number of hydrogen-bond donors (Lipinski definition) is 0. The lowest BCUT2D eigenvalue weighted by Gasteiger charge is -2.17. The molecule has 0 N–H and O–H groups in total. The van der Waals surface area contributed by atoms with Crippen LogP contribution in [0.25, 0.3) is 0 Å². The van der Waals surface area contributed by atoms with E-state index in [1.807, 2.05) is 66.7 Å². The van der Waals surface area contributed by atoms with Gasteiger partial charge in [0.2, 0.25) is 0 Å². The van der Waals surface area contributed by atoms with Crippen LogP contribution in [0.3, 0.4) is 0 Å². The van der Waals surface area contributed by atoms with Gasteiger partial charge >= 0.3 is 0 Å². The van der Waals surface area contributed by atoms with Crippen LogP contribution in [0.15, 0.2) is 78.9 Å². The van der Waals surface area contributed by atoms with Crippen LogP contribution >= 0.6 is 0 Å². The van der Waals surface area contributed by atoms with Crippen molar-refractivity contribution in [1.82, 2.24) is 0 Å². The largest absolute Gasteiger partial charge is 0.497 e. The lowest BCUT2D eigenvalue weighted by molar-refractivity contribution is 0.0959. The summed E-state index contributed by atoms with van der Waals surface area (Å²) in [4.78, 5) is 13.2. The molecular formula is C23H22O3. The van der Waals surface area contributed by atoms with Crippen LogP contribution in [0.1, 0.15) is 27.4 Å². The predicted molar refractivity (Wildman–Crippen MR) is 103 cm³/mol. The summed E-state index contributed by atoms with van der Waals surface area (Å²) in [6.07, 6.45) is 0.651. The van der Waals surface area contributed by atoms with E-state index < -0.39 is 0 Å². The van der Waals surface area contributed by atoms with Crippen molar-refractivity contribution in [2.45, 2.75) is 12.3 Å². The summed E-state index contributed by atoms with van der Waals surface area (Å²) in [6, 6.07) is 25.1. The number of carbonyl (C=O) groups excluding carboxylic acids is 1. The summed E-state index contributed by atoms with van der Waals surface area (Å²) in [5, 5.41) is 0. The zero-order valence-electron chi connectivity index (χ0n) is 15.0. The minimum atomic E-state index is -0.253. The fourth-order valence-electron chi connectivity index (χ4n) is 3.00. The number of ketones is 1. The number of benzene rings is 3. The van der Waals surface area contributed by atoms with E-state index in [9.17, 15) is 4.79 Å². The van der Waals surface area contributed by atoms with Crippen molar-refractivity contribution >= 4 is 5.78 Å². The molecule has 1 atom stereocenters. The second kappa shape index (κ2) is 8.34. The number of ether oxygens (including phenoxy) is 2. The molecule has 0 aliphatic heterocycles. The molecule has 0 saturated heterocycles. The first-order valence-electron chi connectivity index (χ1n) is 8.57. The molecular weight excluding hydrogens is 324 g/mol. The fourth-order valence-corrected chi connectivity index (χ4v) is 3.00. The smallest absolute Gasteiger partial charge is 0.170 e.